The van der Waals surface area contributed by atoms with Crippen LogP contribution in [0.3, 0.4) is 0 Å². The first-order chi connectivity index (χ1) is 16.0. The van der Waals surface area contributed by atoms with Gasteiger partial charge in [-0.3, -0.25) is 19.3 Å². The van der Waals surface area contributed by atoms with E-state index in [0.29, 0.717) is 34.4 Å². The highest BCUT2D eigenvalue weighted by Gasteiger charge is 2.23. The van der Waals surface area contributed by atoms with Crippen LogP contribution >= 0.6 is 22.7 Å². The number of benzene rings is 1. The van der Waals surface area contributed by atoms with E-state index in [2.05, 4.69) is 15.0 Å². The van der Waals surface area contributed by atoms with E-state index in [1.165, 1.54) is 29.8 Å². The first-order valence-corrected chi connectivity index (χ1v) is 11.9. The fourth-order valence-electron chi connectivity index (χ4n) is 3.16. The Morgan fingerprint density at radius 2 is 2.00 bits per heavy atom. The maximum Gasteiger partial charge on any atom is 0.325 e. The third kappa shape index (κ3) is 5.47. The summed E-state index contributed by atoms with van der Waals surface area (Å²) in [6.07, 6.45) is 0.566. The smallest absolute Gasteiger partial charge is 0.325 e. The monoisotopic (exact) mass is 483 g/mol. The van der Waals surface area contributed by atoms with Crippen LogP contribution in [0.1, 0.15) is 22.5 Å². The number of nitrogens with one attached hydrogen (secondary N) is 1. The lowest BCUT2D eigenvalue weighted by Gasteiger charge is -2.19. The Morgan fingerprint density at radius 1 is 1.15 bits per heavy atom. The van der Waals surface area contributed by atoms with Crippen molar-refractivity contribution in [2.24, 2.45) is 0 Å². The van der Waals surface area contributed by atoms with Crippen molar-refractivity contribution in [1.82, 2.24) is 10.3 Å². The van der Waals surface area contributed by atoms with Gasteiger partial charge in [0, 0.05) is 23.7 Å². The minimum absolute atomic E-state index is 0.160. The lowest BCUT2D eigenvalue weighted by Crippen LogP contribution is -2.33. The van der Waals surface area contributed by atoms with Gasteiger partial charge >= 0.3 is 5.97 Å². The Balaban J connectivity index is 1.49. The highest BCUT2D eigenvalue weighted by Crippen LogP contribution is 2.32. The maximum atomic E-state index is 13.1. The van der Waals surface area contributed by atoms with Gasteiger partial charge in [0.2, 0.25) is 5.91 Å². The first kappa shape index (κ1) is 22.7. The standard InChI is InChI=1S/C23H21N3O5S2/c1-30-21(28)13-24-20(27)9-4-10-26(22(29)19-8-5-11-32-19)23-25-16(14-33-23)18-12-15-6-2-3-7-17(15)31-18/h2-3,5-8,11-12,14H,4,9-10,13H2,1H3,(H,24,27). The molecule has 8 nitrogen and oxygen atoms in total. The Morgan fingerprint density at radius 3 is 2.76 bits per heavy atom. The highest BCUT2D eigenvalue weighted by atomic mass is 32.1. The summed E-state index contributed by atoms with van der Waals surface area (Å²) in [6.45, 7) is 0.121. The molecule has 170 valence electrons. The molecule has 2 amide bonds. The van der Waals surface area contributed by atoms with Gasteiger partial charge in [-0.1, -0.05) is 24.3 Å². The molecule has 0 aliphatic rings. The predicted octanol–water partition coefficient (Wildman–Crippen LogP) is 4.33. The van der Waals surface area contributed by atoms with Gasteiger partial charge in [0.05, 0.1) is 12.0 Å². The topological polar surface area (TPSA) is 102 Å². The summed E-state index contributed by atoms with van der Waals surface area (Å²) in [5, 5.41) is 7.70. The Hall–Kier alpha value is -3.50. The summed E-state index contributed by atoms with van der Waals surface area (Å²) in [7, 11) is 1.26. The van der Waals surface area contributed by atoms with Crippen molar-refractivity contribution in [3.05, 3.63) is 58.1 Å². The number of aromatic nitrogens is 1. The second kappa shape index (κ2) is 10.4. The van der Waals surface area contributed by atoms with E-state index in [1.54, 1.807) is 11.0 Å². The van der Waals surface area contributed by atoms with Crippen molar-refractivity contribution in [3.63, 3.8) is 0 Å². The molecule has 10 heteroatoms. The van der Waals surface area contributed by atoms with Crippen molar-refractivity contribution in [2.45, 2.75) is 12.8 Å². The van der Waals surface area contributed by atoms with Gasteiger partial charge in [0.1, 0.15) is 17.8 Å². The molecule has 4 rings (SSSR count). The average Bonchev–Trinajstić information content (AvgIpc) is 3.59. The molecule has 0 atom stereocenters. The number of fused-ring (bicyclic) bond motifs is 1. The van der Waals surface area contributed by atoms with E-state index in [9.17, 15) is 14.4 Å². The number of thiazole rings is 1. The van der Waals surface area contributed by atoms with Crippen molar-refractivity contribution < 1.29 is 23.5 Å². The van der Waals surface area contributed by atoms with Crippen LogP contribution in [0.15, 0.2) is 57.6 Å². The number of anilines is 1. The lowest BCUT2D eigenvalue weighted by atomic mass is 10.2. The molecule has 0 radical (unpaired) electrons. The number of carbonyl (C=O) groups is 3. The summed E-state index contributed by atoms with van der Waals surface area (Å²) in [5.74, 6) is -0.348. The van der Waals surface area contributed by atoms with Crippen LogP contribution in [0.5, 0.6) is 0 Å². The predicted molar refractivity (Wildman–Crippen MR) is 128 cm³/mol. The number of carbonyl (C=O) groups excluding carboxylic acids is 3. The summed E-state index contributed by atoms with van der Waals surface area (Å²) < 4.78 is 10.4. The number of ether oxygens (including phenoxy) is 1. The molecule has 0 bridgehead atoms. The normalized spacial score (nSPS) is 10.8. The molecule has 0 saturated carbocycles. The van der Waals surface area contributed by atoms with Crippen molar-refractivity contribution >= 4 is 56.6 Å². The van der Waals surface area contributed by atoms with Crippen LogP contribution in [0.25, 0.3) is 22.4 Å². The second-order valence-corrected chi connectivity index (χ2v) is 8.84. The zero-order valence-corrected chi connectivity index (χ0v) is 19.4. The van der Waals surface area contributed by atoms with E-state index in [0.717, 1.165) is 11.0 Å². The fourth-order valence-corrected chi connectivity index (χ4v) is 4.67. The molecule has 0 spiro atoms. The van der Waals surface area contributed by atoms with Gasteiger partial charge in [-0.25, -0.2) is 4.98 Å². The molecule has 3 aromatic heterocycles. The number of thiophene rings is 1. The van der Waals surface area contributed by atoms with Gasteiger partial charge in [-0.2, -0.15) is 0 Å². The molecule has 0 aliphatic carbocycles. The number of hydrogen-bond acceptors (Lipinski definition) is 8. The van der Waals surface area contributed by atoms with Crippen LogP contribution in [0.4, 0.5) is 5.13 Å². The highest BCUT2D eigenvalue weighted by molar-refractivity contribution is 7.14. The van der Waals surface area contributed by atoms with Crippen LogP contribution < -0.4 is 10.2 Å². The average molecular weight is 484 g/mol. The molecule has 3 heterocycles. The molecule has 0 aliphatic heterocycles. The van der Waals surface area contributed by atoms with Crippen LogP contribution in [0, 0.1) is 0 Å². The molecule has 1 aromatic carbocycles. The zero-order valence-electron chi connectivity index (χ0n) is 17.8. The minimum Gasteiger partial charge on any atom is -0.468 e. The summed E-state index contributed by atoms with van der Waals surface area (Å²) in [5.41, 5.74) is 1.41. The lowest BCUT2D eigenvalue weighted by molar-refractivity contribution is -0.141. The van der Waals surface area contributed by atoms with E-state index in [4.69, 9.17) is 4.42 Å². The first-order valence-electron chi connectivity index (χ1n) is 10.2. The SMILES string of the molecule is COC(=O)CNC(=O)CCCN(C(=O)c1cccs1)c1nc(-c2cc3ccccc3o2)cs1. The summed E-state index contributed by atoms with van der Waals surface area (Å²) in [4.78, 5) is 43.1. The number of esters is 1. The molecular formula is C23H21N3O5S2. The number of amides is 2. The number of methoxy groups -OCH3 is 1. The summed E-state index contributed by atoms with van der Waals surface area (Å²) in [6, 6.07) is 13.2. The Bertz CT molecular complexity index is 1230. The Kier molecular flexibility index (Phi) is 7.16. The summed E-state index contributed by atoms with van der Waals surface area (Å²) >= 11 is 2.69. The maximum absolute atomic E-state index is 13.1. The largest absolute Gasteiger partial charge is 0.468 e. The third-order valence-corrected chi connectivity index (χ3v) is 6.54. The fraction of sp³-hybridized carbons (Fsp3) is 0.217. The number of nitrogens with zero attached hydrogens (tertiary/aromatic N) is 2. The second-order valence-electron chi connectivity index (χ2n) is 7.05. The number of para-hydroxylation sites is 1. The van der Waals surface area contributed by atoms with Gasteiger partial charge < -0.3 is 14.5 Å². The molecule has 4 aromatic rings. The number of rotatable bonds is 9. The van der Waals surface area contributed by atoms with Gasteiger partial charge in [-0.15, -0.1) is 22.7 Å². The van der Waals surface area contributed by atoms with E-state index in [-0.39, 0.29) is 24.8 Å². The van der Waals surface area contributed by atoms with Crippen LogP contribution in [0.2, 0.25) is 0 Å². The molecule has 0 saturated heterocycles. The van der Waals surface area contributed by atoms with Gasteiger partial charge in [0.15, 0.2) is 10.9 Å². The van der Waals surface area contributed by atoms with Gasteiger partial charge in [0.25, 0.3) is 5.91 Å². The van der Waals surface area contributed by atoms with Gasteiger partial charge in [-0.05, 0) is 30.0 Å². The number of furan rings is 1. The van der Waals surface area contributed by atoms with Crippen LogP contribution in [-0.4, -0.2) is 43.0 Å². The minimum atomic E-state index is -0.515. The molecule has 0 fully saturated rings. The molecule has 0 unspecified atom stereocenters. The van der Waals surface area contributed by atoms with Crippen molar-refractivity contribution in [2.75, 3.05) is 25.1 Å². The quantitative estimate of drug-likeness (QED) is 0.356. The molecule has 1 N–H and O–H groups in total. The third-order valence-electron chi connectivity index (χ3n) is 4.82. The van der Waals surface area contributed by atoms with Crippen LogP contribution in [-0.2, 0) is 14.3 Å². The molecule has 33 heavy (non-hydrogen) atoms. The number of hydrogen-bond donors (Lipinski definition) is 1. The zero-order chi connectivity index (χ0) is 23.2. The van der Waals surface area contributed by atoms with E-state index >= 15 is 0 Å². The van der Waals surface area contributed by atoms with Crippen molar-refractivity contribution in [3.8, 4) is 11.5 Å². The Labute approximate surface area is 197 Å². The van der Waals surface area contributed by atoms with E-state index in [1.807, 2.05) is 47.2 Å². The molecular weight excluding hydrogens is 462 g/mol. The van der Waals surface area contributed by atoms with E-state index < -0.39 is 5.97 Å². The van der Waals surface area contributed by atoms with Crippen molar-refractivity contribution in [1.29, 1.82) is 0 Å².